The molecule has 7 nitrogen and oxygen atoms in total. The summed E-state index contributed by atoms with van der Waals surface area (Å²) < 4.78 is 24.6. The Morgan fingerprint density at radius 1 is 1.26 bits per heavy atom. The number of nitrogens with zero attached hydrogens (tertiary/aromatic N) is 2. The van der Waals surface area contributed by atoms with Crippen molar-refractivity contribution in [3.63, 3.8) is 0 Å². The molecule has 0 aliphatic carbocycles. The summed E-state index contributed by atoms with van der Waals surface area (Å²) in [6.07, 6.45) is -0.0322. The van der Waals surface area contributed by atoms with Crippen LogP contribution >= 0.6 is 0 Å². The highest BCUT2D eigenvalue weighted by Crippen LogP contribution is 2.18. The highest BCUT2D eigenvalue weighted by atomic mass is 32.2. The second-order valence-electron chi connectivity index (χ2n) is 4.13. The van der Waals surface area contributed by atoms with E-state index in [0.29, 0.717) is 11.4 Å². The van der Waals surface area contributed by atoms with E-state index in [0.717, 1.165) is 15.5 Å². The van der Waals surface area contributed by atoms with Crippen LogP contribution < -0.4 is 10.0 Å². The number of amides is 1. The van der Waals surface area contributed by atoms with Gasteiger partial charge in [-0.2, -0.15) is 0 Å². The van der Waals surface area contributed by atoms with Gasteiger partial charge in [-0.15, -0.1) is 0 Å². The summed E-state index contributed by atoms with van der Waals surface area (Å²) in [4.78, 5) is 11.7. The van der Waals surface area contributed by atoms with Crippen LogP contribution in [0.2, 0.25) is 0 Å². The summed E-state index contributed by atoms with van der Waals surface area (Å²) in [5, 5.41) is 8.75. The van der Waals surface area contributed by atoms with Crippen LogP contribution in [0.15, 0.2) is 24.3 Å². The van der Waals surface area contributed by atoms with Crippen LogP contribution in [-0.2, 0) is 10.0 Å². The first kappa shape index (κ1) is 15.1. The lowest BCUT2D eigenvalue weighted by molar-refractivity contribution is 0.157. The molecule has 1 aromatic carbocycles. The Kier molecular flexibility index (Phi) is 4.60. The highest BCUT2D eigenvalue weighted by molar-refractivity contribution is 7.92. The number of nitrogen functional groups attached to an aromatic ring is 1. The van der Waals surface area contributed by atoms with Crippen LogP contribution in [0.5, 0.6) is 0 Å². The van der Waals surface area contributed by atoms with Gasteiger partial charge in [0.05, 0.1) is 18.5 Å². The largest absolute Gasteiger partial charge is 0.465 e. The molecule has 0 saturated carbocycles. The average Bonchev–Trinajstić information content (AvgIpc) is 2.29. The fourth-order valence-corrected chi connectivity index (χ4v) is 2.38. The molecule has 0 bridgehead atoms. The van der Waals surface area contributed by atoms with Gasteiger partial charge in [0.25, 0.3) is 0 Å². The molecule has 19 heavy (non-hydrogen) atoms. The summed E-state index contributed by atoms with van der Waals surface area (Å²) in [6, 6.07) is 6.34. The maximum atomic E-state index is 11.7. The van der Waals surface area contributed by atoms with E-state index in [2.05, 4.69) is 0 Å². The molecular weight excluding hydrogens is 270 g/mol. The number of rotatable bonds is 5. The fourth-order valence-electron chi connectivity index (χ4n) is 1.46. The molecular formula is C11H17N3O4S. The predicted octanol–water partition coefficient (Wildman–Crippen LogP) is 0.645. The van der Waals surface area contributed by atoms with E-state index in [4.69, 9.17) is 10.8 Å². The standard InChI is InChI=1S/C11H17N3O4S/c1-13(11(15)16)7-8-14(19(2,17)18)10-5-3-9(12)4-6-10/h3-6H,7-8,12H2,1-2H3,(H,15,16). The monoisotopic (exact) mass is 287 g/mol. The minimum atomic E-state index is -3.48. The number of nitrogens with two attached hydrogens (primary N) is 1. The zero-order chi connectivity index (χ0) is 14.6. The summed E-state index contributed by atoms with van der Waals surface area (Å²) in [5.74, 6) is 0. The Morgan fingerprint density at radius 2 is 1.79 bits per heavy atom. The summed E-state index contributed by atoms with van der Waals surface area (Å²) in [7, 11) is -2.10. The molecule has 0 aliphatic rings. The van der Waals surface area contributed by atoms with Crippen molar-refractivity contribution >= 4 is 27.5 Å². The number of benzene rings is 1. The van der Waals surface area contributed by atoms with Gasteiger partial charge in [-0.25, -0.2) is 13.2 Å². The van der Waals surface area contributed by atoms with Gasteiger partial charge >= 0.3 is 6.09 Å². The molecule has 0 radical (unpaired) electrons. The van der Waals surface area contributed by atoms with Gasteiger partial charge in [0.2, 0.25) is 10.0 Å². The maximum Gasteiger partial charge on any atom is 0.407 e. The number of hydrogen-bond acceptors (Lipinski definition) is 4. The Bertz CT molecular complexity index is 542. The second-order valence-corrected chi connectivity index (χ2v) is 6.04. The van der Waals surface area contributed by atoms with Crippen molar-refractivity contribution in [2.24, 2.45) is 0 Å². The first-order chi connectivity index (χ1) is 8.71. The number of hydrogen-bond donors (Lipinski definition) is 2. The lowest BCUT2D eigenvalue weighted by Crippen LogP contribution is -2.38. The van der Waals surface area contributed by atoms with E-state index in [1.165, 1.54) is 7.05 Å². The second kappa shape index (κ2) is 5.79. The quantitative estimate of drug-likeness (QED) is 0.774. The molecule has 0 saturated heterocycles. The Balaban J connectivity index is 2.91. The van der Waals surface area contributed by atoms with Gasteiger partial charge in [0.15, 0.2) is 0 Å². The molecule has 1 aromatic rings. The van der Waals surface area contributed by atoms with E-state index < -0.39 is 16.1 Å². The van der Waals surface area contributed by atoms with Crippen LogP contribution in [0.25, 0.3) is 0 Å². The smallest absolute Gasteiger partial charge is 0.407 e. The maximum absolute atomic E-state index is 11.7. The molecule has 0 atom stereocenters. The third-order valence-electron chi connectivity index (χ3n) is 2.55. The topological polar surface area (TPSA) is 104 Å². The molecule has 0 unspecified atom stereocenters. The normalized spacial score (nSPS) is 11.1. The van der Waals surface area contributed by atoms with Gasteiger partial charge in [0.1, 0.15) is 0 Å². The number of carbonyl (C=O) groups is 1. The van der Waals surface area contributed by atoms with Crippen molar-refractivity contribution in [3.05, 3.63) is 24.3 Å². The molecule has 0 spiro atoms. The number of sulfonamides is 1. The summed E-state index contributed by atoms with van der Waals surface area (Å²) in [5.41, 5.74) is 6.53. The van der Waals surface area contributed by atoms with E-state index >= 15 is 0 Å². The van der Waals surface area contributed by atoms with Crippen molar-refractivity contribution < 1.29 is 18.3 Å². The average molecular weight is 287 g/mol. The van der Waals surface area contributed by atoms with Crippen molar-refractivity contribution in [1.29, 1.82) is 0 Å². The number of likely N-dealkylation sites (N-methyl/N-ethyl adjacent to an activating group) is 1. The molecule has 0 aromatic heterocycles. The third-order valence-corrected chi connectivity index (χ3v) is 3.74. The van der Waals surface area contributed by atoms with Gasteiger partial charge in [0, 0.05) is 19.3 Å². The van der Waals surface area contributed by atoms with Gasteiger partial charge in [-0.3, -0.25) is 4.31 Å². The number of carboxylic acid groups (broad SMARTS) is 1. The first-order valence-corrected chi connectivity index (χ1v) is 7.34. The Labute approximate surface area is 112 Å². The van der Waals surface area contributed by atoms with E-state index in [9.17, 15) is 13.2 Å². The lowest BCUT2D eigenvalue weighted by Gasteiger charge is -2.24. The molecule has 0 aliphatic heterocycles. The molecule has 106 valence electrons. The van der Waals surface area contributed by atoms with Crippen LogP contribution in [0.3, 0.4) is 0 Å². The minimum Gasteiger partial charge on any atom is -0.465 e. The zero-order valence-corrected chi connectivity index (χ0v) is 11.6. The van der Waals surface area contributed by atoms with Crippen LogP contribution in [0.4, 0.5) is 16.2 Å². The van der Waals surface area contributed by atoms with Crippen molar-refractivity contribution in [3.8, 4) is 0 Å². The molecule has 1 rings (SSSR count). The van der Waals surface area contributed by atoms with Crippen LogP contribution in [0.1, 0.15) is 0 Å². The molecule has 1 amide bonds. The van der Waals surface area contributed by atoms with Crippen molar-refractivity contribution in [2.45, 2.75) is 0 Å². The third kappa shape index (κ3) is 4.32. The SMILES string of the molecule is CN(CCN(c1ccc(N)cc1)S(C)(=O)=O)C(=O)O. The highest BCUT2D eigenvalue weighted by Gasteiger charge is 2.18. The number of anilines is 2. The molecule has 8 heteroatoms. The Morgan fingerprint density at radius 3 is 2.21 bits per heavy atom. The van der Waals surface area contributed by atoms with E-state index in [1.807, 2.05) is 0 Å². The minimum absolute atomic E-state index is 0.0472. The summed E-state index contributed by atoms with van der Waals surface area (Å²) in [6.45, 7) is 0.123. The van der Waals surface area contributed by atoms with Crippen LogP contribution in [-0.4, -0.2) is 50.9 Å². The van der Waals surface area contributed by atoms with Gasteiger partial charge in [-0.1, -0.05) is 0 Å². The fraction of sp³-hybridized carbons (Fsp3) is 0.364. The molecule has 0 fully saturated rings. The van der Waals surface area contributed by atoms with Gasteiger partial charge < -0.3 is 15.7 Å². The predicted molar refractivity (Wildman–Crippen MR) is 73.7 cm³/mol. The van der Waals surface area contributed by atoms with Crippen LogP contribution in [0, 0.1) is 0 Å². The van der Waals surface area contributed by atoms with Crippen molar-refractivity contribution in [1.82, 2.24) is 4.90 Å². The molecule has 0 heterocycles. The Hall–Kier alpha value is -1.96. The first-order valence-electron chi connectivity index (χ1n) is 5.49. The van der Waals surface area contributed by atoms with E-state index in [1.54, 1.807) is 24.3 Å². The zero-order valence-electron chi connectivity index (χ0n) is 10.8. The van der Waals surface area contributed by atoms with E-state index in [-0.39, 0.29) is 13.1 Å². The van der Waals surface area contributed by atoms with Crippen molar-refractivity contribution in [2.75, 3.05) is 36.4 Å². The van der Waals surface area contributed by atoms with Gasteiger partial charge in [-0.05, 0) is 24.3 Å². The summed E-state index contributed by atoms with van der Waals surface area (Å²) >= 11 is 0. The lowest BCUT2D eigenvalue weighted by atomic mass is 10.3. The molecule has 3 N–H and O–H groups in total.